The molecule has 1 aromatic heterocycles. The van der Waals surface area contributed by atoms with E-state index in [2.05, 4.69) is 20.4 Å². The number of hydrogen-bond acceptors (Lipinski definition) is 8. The van der Waals surface area contributed by atoms with Crippen molar-refractivity contribution in [2.24, 2.45) is 0 Å². The topological polar surface area (TPSA) is 99.5 Å². The van der Waals surface area contributed by atoms with E-state index in [9.17, 15) is 10.1 Å². The Morgan fingerprint density at radius 3 is 1.35 bits per heavy atom. The van der Waals surface area contributed by atoms with Crippen LogP contribution in [-0.2, 0) is 0 Å². The van der Waals surface area contributed by atoms with E-state index in [1.807, 2.05) is 6.92 Å². The molecule has 0 atom stereocenters. The summed E-state index contributed by atoms with van der Waals surface area (Å²) in [6.07, 6.45) is 4.66. The number of nitrogens with zero attached hydrogens (tertiary/aromatic N) is 9. The molecule has 6 aliphatic rings. The standard InChI is InChI=1S/C33H61N11O2/c1-30-36-32(38-10-4-16-43(20-12-38)26-22-41(23-27-43)14-2-6-34-8-18-41)31(40(45)46)33(37-30)39-11-5-17-44(21-13-39)28-24-42(25-29-44)15-3-7-35-9-19-42/h34-35H,2-29H2,1H3/q+4. The second kappa shape index (κ2) is 13.4. The molecule has 0 aromatic carbocycles. The molecule has 0 amide bonds. The summed E-state index contributed by atoms with van der Waals surface area (Å²) >= 11 is 0. The highest BCUT2D eigenvalue weighted by molar-refractivity contribution is 5.72. The van der Waals surface area contributed by atoms with Crippen LogP contribution >= 0.6 is 0 Å². The van der Waals surface area contributed by atoms with E-state index < -0.39 is 0 Å². The van der Waals surface area contributed by atoms with Crippen LogP contribution in [0.2, 0.25) is 0 Å². The Labute approximate surface area is 276 Å². The second-order valence-corrected chi connectivity index (χ2v) is 15.9. The summed E-state index contributed by atoms with van der Waals surface area (Å²) in [6.45, 7) is 29.4. The molecule has 7 heterocycles. The van der Waals surface area contributed by atoms with Gasteiger partial charge < -0.3 is 38.4 Å². The molecule has 256 valence electrons. The molecule has 1 aromatic rings. The van der Waals surface area contributed by atoms with Crippen LogP contribution in [0.15, 0.2) is 0 Å². The van der Waals surface area contributed by atoms with Crippen molar-refractivity contribution in [2.75, 3.05) is 167 Å². The fraction of sp³-hybridized carbons (Fsp3) is 0.879. The van der Waals surface area contributed by atoms with E-state index in [4.69, 9.17) is 9.97 Å². The lowest BCUT2D eigenvalue weighted by molar-refractivity contribution is -1.03. The van der Waals surface area contributed by atoms with E-state index >= 15 is 0 Å². The van der Waals surface area contributed by atoms with Gasteiger partial charge in [0, 0.05) is 65.0 Å². The van der Waals surface area contributed by atoms with Gasteiger partial charge in [-0.3, -0.25) is 10.1 Å². The van der Waals surface area contributed by atoms with Gasteiger partial charge in [0.1, 0.15) is 58.2 Å². The molecule has 13 heteroatoms. The number of rotatable bonds is 3. The summed E-state index contributed by atoms with van der Waals surface area (Å²) in [5.41, 5.74) is 0.132. The Kier molecular flexibility index (Phi) is 9.43. The first-order valence-electron chi connectivity index (χ1n) is 18.7. The zero-order chi connectivity index (χ0) is 31.7. The van der Waals surface area contributed by atoms with Crippen LogP contribution in [0.1, 0.15) is 31.5 Å². The van der Waals surface area contributed by atoms with E-state index in [-0.39, 0.29) is 10.6 Å². The van der Waals surface area contributed by atoms with Crippen LogP contribution in [0.25, 0.3) is 0 Å². The molecule has 0 radical (unpaired) electrons. The lowest BCUT2D eigenvalue weighted by atomic mass is 10.1. The average Bonchev–Trinajstić information content (AvgIpc) is 3.59. The summed E-state index contributed by atoms with van der Waals surface area (Å²) in [5, 5.41) is 20.1. The maximum atomic E-state index is 12.9. The average molecular weight is 644 g/mol. The summed E-state index contributed by atoms with van der Waals surface area (Å²) in [4.78, 5) is 26.8. The quantitative estimate of drug-likeness (QED) is 0.278. The van der Waals surface area contributed by atoms with Crippen molar-refractivity contribution in [1.82, 2.24) is 20.6 Å². The van der Waals surface area contributed by atoms with Gasteiger partial charge in [0.25, 0.3) is 0 Å². The predicted octanol–water partition coefficient (Wildman–Crippen LogP) is 0.394. The van der Waals surface area contributed by atoms with Gasteiger partial charge in [-0.25, -0.2) is 9.97 Å². The first-order valence-corrected chi connectivity index (χ1v) is 18.7. The number of aryl methyl sites for hydroxylation is 1. The van der Waals surface area contributed by atoms with Gasteiger partial charge in [-0.2, -0.15) is 0 Å². The van der Waals surface area contributed by atoms with Gasteiger partial charge >= 0.3 is 5.69 Å². The fourth-order valence-corrected chi connectivity index (χ4v) is 9.99. The van der Waals surface area contributed by atoms with Gasteiger partial charge in [0.05, 0.1) is 70.4 Å². The Hall–Kier alpha value is -2.16. The lowest BCUT2D eigenvalue weighted by Crippen LogP contribution is -2.68. The molecule has 0 unspecified atom stereocenters. The molecule has 7 rings (SSSR count). The van der Waals surface area contributed by atoms with Crippen molar-refractivity contribution in [3.05, 3.63) is 15.9 Å². The van der Waals surface area contributed by atoms with E-state index in [1.54, 1.807) is 0 Å². The highest BCUT2D eigenvalue weighted by Gasteiger charge is 2.45. The van der Waals surface area contributed by atoms with Gasteiger partial charge in [-0.15, -0.1) is 0 Å². The third kappa shape index (κ3) is 6.73. The Morgan fingerprint density at radius 1 is 0.543 bits per heavy atom. The van der Waals surface area contributed by atoms with E-state index in [0.29, 0.717) is 17.5 Å². The first-order chi connectivity index (χ1) is 22.3. The summed E-state index contributed by atoms with van der Waals surface area (Å²) < 4.78 is 4.89. The number of anilines is 2. The Balaban J connectivity index is 1.04. The predicted molar refractivity (Wildman–Crippen MR) is 181 cm³/mol. The van der Waals surface area contributed by atoms with E-state index in [0.717, 1.165) is 87.3 Å². The molecule has 0 bridgehead atoms. The Morgan fingerprint density at radius 2 is 0.935 bits per heavy atom. The van der Waals surface area contributed by atoms with Gasteiger partial charge in [0.2, 0.25) is 11.6 Å². The van der Waals surface area contributed by atoms with Gasteiger partial charge in [0.15, 0.2) is 0 Å². The number of piperazine rings is 2. The van der Waals surface area contributed by atoms with Crippen molar-refractivity contribution in [2.45, 2.75) is 32.6 Å². The maximum Gasteiger partial charge on any atom is 0.353 e. The number of nitro groups is 1. The number of aromatic nitrogens is 2. The monoisotopic (exact) mass is 643 g/mol. The van der Waals surface area contributed by atoms with Crippen LogP contribution in [-0.4, -0.2) is 190 Å². The van der Waals surface area contributed by atoms with Gasteiger partial charge in [-0.1, -0.05) is 0 Å². The van der Waals surface area contributed by atoms with E-state index in [1.165, 1.54) is 113 Å². The third-order valence-corrected chi connectivity index (χ3v) is 13.2. The highest BCUT2D eigenvalue weighted by atomic mass is 16.6. The SMILES string of the molecule is Cc1nc(N2CCC[N+]3(CC2)CC[N+]2(CCCNCC2)CC3)c([N+](=O)[O-])c(N2CCC[N+]3(CC2)CC[N+]2(CCCNCC2)CC3)n1. The summed E-state index contributed by atoms with van der Waals surface area (Å²) in [6, 6.07) is 0. The minimum atomic E-state index is -0.182. The van der Waals surface area contributed by atoms with Crippen LogP contribution < -0.4 is 20.4 Å². The van der Waals surface area contributed by atoms with Crippen LogP contribution in [0.4, 0.5) is 17.3 Å². The first kappa shape index (κ1) is 32.4. The minimum absolute atomic E-state index is 0.132. The summed E-state index contributed by atoms with van der Waals surface area (Å²) in [7, 11) is 0. The van der Waals surface area contributed by atoms with Gasteiger partial charge in [-0.05, 0) is 6.92 Å². The number of nitrogens with one attached hydrogen (secondary N) is 2. The normalized spacial score (nSPS) is 36.4. The Bertz CT molecular complexity index is 1120. The lowest BCUT2D eigenvalue weighted by Gasteiger charge is -2.49. The van der Waals surface area contributed by atoms with Crippen LogP contribution in [0.3, 0.4) is 0 Å². The molecule has 2 N–H and O–H groups in total. The molecular formula is C33H61N11O2+4. The molecule has 0 aliphatic carbocycles. The van der Waals surface area contributed by atoms with Crippen molar-refractivity contribution >= 4 is 17.3 Å². The van der Waals surface area contributed by atoms with Crippen LogP contribution in [0, 0.1) is 17.0 Å². The summed E-state index contributed by atoms with van der Waals surface area (Å²) in [5.74, 6) is 1.76. The molecule has 6 fully saturated rings. The molecule has 46 heavy (non-hydrogen) atoms. The zero-order valence-electron chi connectivity index (χ0n) is 28.6. The van der Waals surface area contributed by atoms with Crippen molar-refractivity contribution < 1.29 is 22.9 Å². The highest BCUT2D eigenvalue weighted by Crippen LogP contribution is 2.37. The van der Waals surface area contributed by atoms with Crippen molar-refractivity contribution in [3.8, 4) is 0 Å². The zero-order valence-corrected chi connectivity index (χ0v) is 28.6. The molecule has 13 nitrogen and oxygen atoms in total. The molecule has 4 spiro atoms. The van der Waals surface area contributed by atoms with Crippen molar-refractivity contribution in [1.29, 1.82) is 0 Å². The number of hydrogen-bond donors (Lipinski definition) is 2. The fourth-order valence-electron chi connectivity index (χ4n) is 9.99. The third-order valence-electron chi connectivity index (χ3n) is 13.2. The minimum Gasteiger partial charge on any atom is -0.345 e. The molecule has 6 saturated heterocycles. The number of quaternary nitrogens is 4. The molecule has 0 saturated carbocycles. The smallest absolute Gasteiger partial charge is 0.345 e. The van der Waals surface area contributed by atoms with Crippen LogP contribution in [0.5, 0.6) is 0 Å². The second-order valence-electron chi connectivity index (χ2n) is 15.9. The molecular weight excluding hydrogens is 582 g/mol. The largest absolute Gasteiger partial charge is 0.353 e. The maximum absolute atomic E-state index is 12.9. The van der Waals surface area contributed by atoms with Crippen molar-refractivity contribution in [3.63, 3.8) is 0 Å². The molecule has 6 aliphatic heterocycles.